The van der Waals surface area contributed by atoms with E-state index < -0.39 is 0 Å². The van der Waals surface area contributed by atoms with Gasteiger partial charge in [-0.15, -0.1) is 0 Å². The Bertz CT molecular complexity index is 1090. The molecular formula is C24H23N3O. The van der Waals surface area contributed by atoms with Crippen LogP contribution in [0, 0.1) is 6.92 Å². The van der Waals surface area contributed by atoms with Gasteiger partial charge in [0.25, 0.3) is 0 Å². The van der Waals surface area contributed by atoms with Gasteiger partial charge < -0.3 is 10.1 Å². The lowest BCUT2D eigenvalue weighted by Crippen LogP contribution is -2.05. The number of hydrogen-bond donors (Lipinski definition) is 1. The van der Waals surface area contributed by atoms with Crippen LogP contribution in [0.5, 0.6) is 5.75 Å². The van der Waals surface area contributed by atoms with Crippen molar-refractivity contribution in [3.05, 3.63) is 78.4 Å². The molecule has 0 unspecified atom stereocenters. The van der Waals surface area contributed by atoms with E-state index in [9.17, 15) is 0 Å². The van der Waals surface area contributed by atoms with E-state index in [1.807, 2.05) is 62.4 Å². The third-order valence-electron chi connectivity index (χ3n) is 4.40. The first kappa shape index (κ1) is 18.0. The quantitative estimate of drug-likeness (QED) is 0.459. The van der Waals surface area contributed by atoms with Gasteiger partial charge in [0, 0.05) is 16.6 Å². The molecule has 4 aromatic rings. The largest absolute Gasteiger partial charge is 0.491 e. The van der Waals surface area contributed by atoms with Crippen molar-refractivity contribution in [3.63, 3.8) is 0 Å². The molecule has 0 fully saturated rings. The van der Waals surface area contributed by atoms with Crippen LogP contribution in [0.15, 0.2) is 72.8 Å². The molecule has 0 saturated carbocycles. The molecule has 4 heteroatoms. The molecule has 4 nitrogen and oxygen atoms in total. The molecule has 0 spiro atoms. The summed E-state index contributed by atoms with van der Waals surface area (Å²) in [6, 6.07) is 24.2. The average molecular weight is 369 g/mol. The number of ether oxygens (including phenoxy) is 1. The van der Waals surface area contributed by atoms with Crippen LogP contribution in [0.25, 0.3) is 22.3 Å². The van der Waals surface area contributed by atoms with Gasteiger partial charge in [0.15, 0.2) is 5.82 Å². The maximum atomic E-state index is 5.72. The third-order valence-corrected chi connectivity index (χ3v) is 4.40. The van der Waals surface area contributed by atoms with E-state index in [0.717, 1.165) is 33.7 Å². The van der Waals surface area contributed by atoms with Crippen molar-refractivity contribution in [2.75, 3.05) is 5.32 Å². The van der Waals surface area contributed by atoms with Crippen molar-refractivity contribution in [2.24, 2.45) is 0 Å². The molecule has 3 aromatic carbocycles. The lowest BCUT2D eigenvalue weighted by molar-refractivity contribution is 0.242. The Morgan fingerprint density at radius 3 is 2.25 bits per heavy atom. The fraction of sp³-hybridized carbons (Fsp3) is 0.167. The minimum Gasteiger partial charge on any atom is -0.491 e. The molecule has 0 aliphatic heterocycles. The third kappa shape index (κ3) is 3.96. The van der Waals surface area contributed by atoms with Crippen molar-refractivity contribution >= 4 is 22.4 Å². The molecule has 140 valence electrons. The Morgan fingerprint density at radius 2 is 1.54 bits per heavy atom. The van der Waals surface area contributed by atoms with Gasteiger partial charge in [-0.05, 0) is 57.2 Å². The topological polar surface area (TPSA) is 47.0 Å². The highest BCUT2D eigenvalue weighted by atomic mass is 16.5. The number of anilines is 2. The van der Waals surface area contributed by atoms with Crippen molar-refractivity contribution in [3.8, 4) is 17.1 Å². The standard InChI is InChI=1S/C24H23N3O/c1-16(2)28-20-14-12-19(13-15-20)25-24-21-6-4-5-7-22(21)26-23(27-24)18-10-8-17(3)9-11-18/h4-16H,1-3H3,(H,25,26,27). The summed E-state index contributed by atoms with van der Waals surface area (Å²) in [4.78, 5) is 9.57. The molecular weight excluding hydrogens is 346 g/mol. The van der Waals surface area contributed by atoms with Crippen LogP contribution in [-0.2, 0) is 0 Å². The molecule has 1 N–H and O–H groups in total. The number of nitrogens with one attached hydrogen (secondary N) is 1. The number of benzene rings is 3. The highest BCUT2D eigenvalue weighted by Crippen LogP contribution is 2.28. The second-order valence-electron chi connectivity index (χ2n) is 7.09. The molecule has 0 saturated heterocycles. The zero-order chi connectivity index (χ0) is 19.5. The Labute approximate surface area is 165 Å². The van der Waals surface area contributed by atoms with Crippen LogP contribution in [-0.4, -0.2) is 16.1 Å². The maximum absolute atomic E-state index is 5.72. The second-order valence-corrected chi connectivity index (χ2v) is 7.09. The van der Waals surface area contributed by atoms with E-state index in [1.165, 1.54) is 5.56 Å². The first-order chi connectivity index (χ1) is 13.6. The SMILES string of the molecule is Cc1ccc(-c2nc(Nc3ccc(OC(C)C)cc3)c3ccccc3n2)cc1. The highest BCUT2D eigenvalue weighted by Gasteiger charge is 2.10. The molecule has 0 aliphatic carbocycles. The molecule has 4 rings (SSSR count). The van der Waals surface area contributed by atoms with Gasteiger partial charge in [-0.3, -0.25) is 0 Å². The monoisotopic (exact) mass is 369 g/mol. The molecule has 0 atom stereocenters. The van der Waals surface area contributed by atoms with E-state index in [4.69, 9.17) is 14.7 Å². The molecule has 1 aromatic heterocycles. The van der Waals surface area contributed by atoms with Gasteiger partial charge in [-0.25, -0.2) is 9.97 Å². The summed E-state index contributed by atoms with van der Waals surface area (Å²) < 4.78 is 5.72. The van der Waals surface area contributed by atoms with Gasteiger partial charge in [0.2, 0.25) is 0 Å². The van der Waals surface area contributed by atoms with E-state index in [1.54, 1.807) is 0 Å². The van der Waals surface area contributed by atoms with Gasteiger partial charge >= 0.3 is 0 Å². The molecule has 0 bridgehead atoms. The van der Waals surface area contributed by atoms with Crippen LogP contribution in [0.4, 0.5) is 11.5 Å². The lowest BCUT2D eigenvalue weighted by atomic mass is 10.1. The molecule has 0 aliphatic rings. The zero-order valence-electron chi connectivity index (χ0n) is 16.3. The smallest absolute Gasteiger partial charge is 0.162 e. The Hall–Kier alpha value is -3.40. The zero-order valence-corrected chi connectivity index (χ0v) is 16.3. The van der Waals surface area contributed by atoms with Crippen molar-refractivity contribution in [1.29, 1.82) is 0 Å². The van der Waals surface area contributed by atoms with Gasteiger partial charge in [-0.1, -0.05) is 42.0 Å². The van der Waals surface area contributed by atoms with Crippen LogP contribution in [0.3, 0.4) is 0 Å². The van der Waals surface area contributed by atoms with E-state index >= 15 is 0 Å². The Morgan fingerprint density at radius 1 is 0.821 bits per heavy atom. The van der Waals surface area contributed by atoms with Crippen LogP contribution < -0.4 is 10.1 Å². The minimum absolute atomic E-state index is 0.154. The van der Waals surface area contributed by atoms with Crippen LogP contribution in [0.2, 0.25) is 0 Å². The summed E-state index contributed by atoms with van der Waals surface area (Å²) in [6.45, 7) is 6.11. The van der Waals surface area contributed by atoms with Crippen LogP contribution in [0.1, 0.15) is 19.4 Å². The number of nitrogens with zero attached hydrogens (tertiary/aromatic N) is 2. The fourth-order valence-corrected chi connectivity index (χ4v) is 3.03. The summed E-state index contributed by atoms with van der Waals surface area (Å²) in [6.07, 6.45) is 0.154. The molecule has 28 heavy (non-hydrogen) atoms. The normalized spacial score (nSPS) is 11.0. The maximum Gasteiger partial charge on any atom is 0.162 e. The number of fused-ring (bicyclic) bond motifs is 1. The Balaban J connectivity index is 1.72. The van der Waals surface area contributed by atoms with E-state index in [2.05, 4.69) is 36.5 Å². The first-order valence-corrected chi connectivity index (χ1v) is 9.46. The van der Waals surface area contributed by atoms with E-state index in [-0.39, 0.29) is 6.10 Å². The molecule has 0 amide bonds. The number of aromatic nitrogens is 2. The summed E-state index contributed by atoms with van der Waals surface area (Å²) in [7, 11) is 0. The fourth-order valence-electron chi connectivity index (χ4n) is 3.03. The number of hydrogen-bond acceptors (Lipinski definition) is 4. The Kier molecular flexibility index (Phi) is 4.94. The van der Waals surface area contributed by atoms with Gasteiger partial charge in [0.05, 0.1) is 11.6 Å². The minimum atomic E-state index is 0.154. The predicted octanol–water partition coefficient (Wildman–Crippen LogP) is 6.14. The molecule has 1 heterocycles. The van der Waals surface area contributed by atoms with Gasteiger partial charge in [0.1, 0.15) is 11.6 Å². The number of aryl methyl sites for hydroxylation is 1. The highest BCUT2D eigenvalue weighted by molar-refractivity contribution is 5.92. The van der Waals surface area contributed by atoms with Crippen LogP contribution >= 0.6 is 0 Å². The predicted molar refractivity (Wildman–Crippen MR) is 115 cm³/mol. The summed E-state index contributed by atoms with van der Waals surface area (Å²) >= 11 is 0. The summed E-state index contributed by atoms with van der Waals surface area (Å²) in [5.74, 6) is 2.35. The lowest BCUT2D eigenvalue weighted by Gasteiger charge is -2.13. The van der Waals surface area contributed by atoms with Gasteiger partial charge in [-0.2, -0.15) is 0 Å². The average Bonchev–Trinajstić information content (AvgIpc) is 2.69. The summed E-state index contributed by atoms with van der Waals surface area (Å²) in [5.41, 5.74) is 4.08. The first-order valence-electron chi connectivity index (χ1n) is 9.46. The van der Waals surface area contributed by atoms with Crippen molar-refractivity contribution < 1.29 is 4.74 Å². The number of rotatable bonds is 5. The number of para-hydroxylation sites is 1. The van der Waals surface area contributed by atoms with Crippen molar-refractivity contribution in [2.45, 2.75) is 26.9 Å². The molecule has 0 radical (unpaired) electrons. The summed E-state index contributed by atoms with van der Waals surface area (Å²) in [5, 5.41) is 4.43. The van der Waals surface area contributed by atoms with Crippen molar-refractivity contribution in [1.82, 2.24) is 9.97 Å². The van der Waals surface area contributed by atoms with E-state index in [0.29, 0.717) is 5.82 Å². The second kappa shape index (κ2) is 7.69.